The summed E-state index contributed by atoms with van der Waals surface area (Å²) in [6.07, 6.45) is 0.483. The quantitative estimate of drug-likeness (QED) is 0.477. The lowest BCUT2D eigenvalue weighted by Gasteiger charge is -2.23. The number of hydrogen-bond acceptors (Lipinski definition) is 3. The molecule has 0 spiro atoms. The van der Waals surface area contributed by atoms with Crippen molar-refractivity contribution in [2.24, 2.45) is 5.10 Å². The zero-order valence-corrected chi connectivity index (χ0v) is 19.0. The van der Waals surface area contributed by atoms with Crippen LogP contribution in [0.5, 0.6) is 0 Å². The topological polar surface area (TPSA) is 56.7 Å². The fourth-order valence-electron chi connectivity index (χ4n) is 3.71. The van der Waals surface area contributed by atoms with Crippen LogP contribution in [0, 0.1) is 5.82 Å². The molecule has 1 unspecified atom stereocenters. The van der Waals surface area contributed by atoms with Gasteiger partial charge in [0.2, 0.25) is 0 Å². The zero-order chi connectivity index (χ0) is 22.8. The average molecular weight is 471 g/mol. The number of hydrazone groups is 1. The Hall–Kier alpha value is -3.09. The summed E-state index contributed by atoms with van der Waals surface area (Å²) in [5.41, 5.74) is 3.98. The Bertz CT molecular complexity index is 1200. The van der Waals surface area contributed by atoms with Gasteiger partial charge in [-0.15, -0.1) is 0 Å². The number of fused-ring (bicyclic) bond motifs is 1. The first-order valence-corrected chi connectivity index (χ1v) is 10.8. The molecule has 1 heterocycles. The molecule has 0 fully saturated rings. The van der Waals surface area contributed by atoms with Gasteiger partial charge < -0.3 is 10.6 Å². The molecule has 0 bridgehead atoms. The Balaban J connectivity index is 1.91. The van der Waals surface area contributed by atoms with Gasteiger partial charge in [0.05, 0.1) is 17.4 Å². The van der Waals surface area contributed by atoms with E-state index in [-0.39, 0.29) is 17.9 Å². The number of hydrogen-bond donors (Lipinski definition) is 2. The first kappa shape index (κ1) is 22.1. The van der Waals surface area contributed by atoms with Crippen LogP contribution >= 0.6 is 23.2 Å². The summed E-state index contributed by atoms with van der Waals surface area (Å²) in [4.78, 5) is 12.6. The van der Waals surface area contributed by atoms with E-state index in [1.54, 1.807) is 43.4 Å². The maximum Gasteiger partial charge on any atom is 0.337 e. The molecule has 0 saturated heterocycles. The summed E-state index contributed by atoms with van der Waals surface area (Å²) in [5, 5.41) is 13.0. The van der Waals surface area contributed by atoms with E-state index in [1.165, 1.54) is 11.1 Å². The molecular formula is C24H21Cl2FN4O. The van der Waals surface area contributed by atoms with Crippen molar-refractivity contribution >= 4 is 46.3 Å². The maximum atomic E-state index is 14.4. The van der Waals surface area contributed by atoms with E-state index >= 15 is 0 Å². The number of nitrogens with one attached hydrogen (secondary N) is 2. The molecule has 1 aliphatic heterocycles. The molecule has 8 heteroatoms. The van der Waals surface area contributed by atoms with Crippen LogP contribution < -0.4 is 10.6 Å². The van der Waals surface area contributed by atoms with Gasteiger partial charge in [0.15, 0.2) is 0 Å². The second-order valence-electron chi connectivity index (χ2n) is 7.49. The highest BCUT2D eigenvalue weighted by Crippen LogP contribution is 2.34. The maximum absolute atomic E-state index is 14.4. The summed E-state index contributed by atoms with van der Waals surface area (Å²) >= 11 is 12.6. The highest BCUT2D eigenvalue weighted by atomic mass is 35.5. The van der Waals surface area contributed by atoms with Crippen molar-refractivity contribution in [2.75, 3.05) is 12.4 Å². The van der Waals surface area contributed by atoms with Gasteiger partial charge >= 0.3 is 6.03 Å². The van der Waals surface area contributed by atoms with Crippen LogP contribution in [-0.2, 0) is 6.42 Å². The van der Waals surface area contributed by atoms with E-state index in [9.17, 15) is 9.18 Å². The largest absolute Gasteiger partial charge is 0.353 e. The van der Waals surface area contributed by atoms with Crippen LogP contribution in [0.25, 0.3) is 0 Å². The minimum absolute atomic E-state index is 0.263. The van der Waals surface area contributed by atoms with Gasteiger partial charge in [-0.05, 0) is 55.3 Å². The number of nitrogens with zero attached hydrogens (tertiary/aromatic N) is 2. The Morgan fingerprint density at radius 1 is 1.06 bits per heavy atom. The standard InChI is InChI=1S/C24H21Cl2FN4O/c1-14-11-18-19(12-17(26)13-22(18)29-21-6-4-3-5-20(21)27)23(30-31(14)24(32)28-2)15-7-9-16(25)10-8-15/h3-10,12-14,29H,11H2,1-2H3,(H,28,32). The lowest BCUT2D eigenvalue weighted by Crippen LogP contribution is -2.41. The predicted molar refractivity (Wildman–Crippen MR) is 128 cm³/mol. The first-order chi connectivity index (χ1) is 15.4. The fraction of sp³-hybridized carbons (Fsp3) is 0.167. The van der Waals surface area contributed by atoms with Crippen molar-refractivity contribution in [2.45, 2.75) is 19.4 Å². The molecule has 0 radical (unpaired) electrons. The number of amides is 2. The highest BCUT2D eigenvalue weighted by molar-refractivity contribution is 6.32. The molecule has 3 aromatic carbocycles. The van der Waals surface area contributed by atoms with Gasteiger partial charge in [-0.25, -0.2) is 14.2 Å². The number of benzene rings is 3. The SMILES string of the molecule is CNC(=O)N1N=C(c2ccc(Cl)cc2)c2cc(Cl)cc(Nc3ccccc3F)c2CC1C. The number of carbonyl (C=O) groups is 1. The summed E-state index contributed by atoms with van der Waals surface area (Å²) in [6, 6.07) is 16.6. The summed E-state index contributed by atoms with van der Waals surface area (Å²) in [6.45, 7) is 1.91. The van der Waals surface area contributed by atoms with E-state index < -0.39 is 0 Å². The van der Waals surface area contributed by atoms with Gasteiger partial charge in [-0.2, -0.15) is 5.10 Å². The Morgan fingerprint density at radius 2 is 1.78 bits per heavy atom. The van der Waals surface area contributed by atoms with Gasteiger partial charge in [0, 0.05) is 33.9 Å². The van der Waals surface area contributed by atoms with Crippen molar-refractivity contribution < 1.29 is 9.18 Å². The second-order valence-corrected chi connectivity index (χ2v) is 8.37. The van der Waals surface area contributed by atoms with E-state index in [2.05, 4.69) is 10.6 Å². The number of rotatable bonds is 3. The molecule has 5 nitrogen and oxygen atoms in total. The smallest absolute Gasteiger partial charge is 0.337 e. The van der Waals surface area contributed by atoms with Crippen molar-refractivity contribution in [3.8, 4) is 0 Å². The molecule has 0 aromatic heterocycles. The number of urea groups is 1. The zero-order valence-electron chi connectivity index (χ0n) is 17.5. The number of halogens is 3. The average Bonchev–Trinajstić information content (AvgIpc) is 2.92. The number of para-hydroxylation sites is 1. The summed E-state index contributed by atoms with van der Waals surface area (Å²) in [5.74, 6) is -0.374. The van der Waals surface area contributed by atoms with Crippen molar-refractivity contribution in [3.05, 3.63) is 93.2 Å². The fourth-order valence-corrected chi connectivity index (χ4v) is 4.05. The minimum Gasteiger partial charge on any atom is -0.353 e. The third kappa shape index (κ3) is 4.42. The van der Waals surface area contributed by atoms with Gasteiger partial charge in [-0.3, -0.25) is 0 Å². The molecule has 32 heavy (non-hydrogen) atoms. The van der Waals surface area contributed by atoms with Crippen molar-refractivity contribution in [1.82, 2.24) is 10.3 Å². The molecule has 164 valence electrons. The molecule has 2 amide bonds. The van der Waals surface area contributed by atoms with Crippen molar-refractivity contribution in [1.29, 1.82) is 0 Å². The Kier molecular flexibility index (Phi) is 6.35. The highest BCUT2D eigenvalue weighted by Gasteiger charge is 2.29. The van der Waals surface area contributed by atoms with Crippen LogP contribution in [-0.4, -0.2) is 29.8 Å². The molecule has 3 aromatic rings. The Morgan fingerprint density at radius 3 is 2.47 bits per heavy atom. The van der Waals surface area contributed by atoms with Gasteiger partial charge in [0.25, 0.3) is 0 Å². The lowest BCUT2D eigenvalue weighted by molar-refractivity contribution is 0.184. The van der Waals surface area contributed by atoms with E-state index in [1.807, 2.05) is 25.1 Å². The Labute approximate surface area is 195 Å². The van der Waals surface area contributed by atoms with Crippen LogP contribution in [0.15, 0.2) is 65.8 Å². The summed E-state index contributed by atoms with van der Waals surface area (Å²) < 4.78 is 14.4. The van der Waals surface area contributed by atoms with E-state index in [4.69, 9.17) is 28.3 Å². The van der Waals surface area contributed by atoms with Gasteiger partial charge in [0.1, 0.15) is 5.82 Å². The molecule has 4 rings (SSSR count). The number of carbonyl (C=O) groups excluding carboxylic acids is 1. The molecule has 0 aliphatic carbocycles. The third-order valence-corrected chi connectivity index (χ3v) is 5.75. The molecule has 1 aliphatic rings. The van der Waals surface area contributed by atoms with Crippen molar-refractivity contribution in [3.63, 3.8) is 0 Å². The monoisotopic (exact) mass is 470 g/mol. The second kappa shape index (κ2) is 9.18. The van der Waals surface area contributed by atoms with E-state index in [0.29, 0.717) is 33.6 Å². The van der Waals surface area contributed by atoms with Crippen LogP contribution in [0.4, 0.5) is 20.6 Å². The van der Waals surface area contributed by atoms with Crippen LogP contribution in [0.3, 0.4) is 0 Å². The normalized spacial score (nSPS) is 15.5. The molecule has 1 atom stereocenters. The number of anilines is 2. The van der Waals surface area contributed by atoms with Gasteiger partial charge in [-0.1, -0.05) is 47.5 Å². The third-order valence-electron chi connectivity index (χ3n) is 5.28. The predicted octanol–water partition coefficient (Wildman–Crippen LogP) is 6.21. The molecular weight excluding hydrogens is 450 g/mol. The van der Waals surface area contributed by atoms with Crippen LogP contribution in [0.1, 0.15) is 23.6 Å². The van der Waals surface area contributed by atoms with E-state index in [0.717, 1.165) is 16.7 Å². The minimum atomic E-state index is -0.374. The van der Waals surface area contributed by atoms with Crippen LogP contribution in [0.2, 0.25) is 10.0 Å². The molecule has 0 saturated carbocycles. The lowest BCUT2D eigenvalue weighted by atomic mass is 9.93. The summed E-state index contributed by atoms with van der Waals surface area (Å²) in [7, 11) is 1.56. The molecule has 2 N–H and O–H groups in total. The first-order valence-electron chi connectivity index (χ1n) is 10.1.